The van der Waals surface area contributed by atoms with Crippen molar-refractivity contribution in [3.8, 4) is 22.3 Å². The molecule has 0 fully saturated rings. The van der Waals surface area contributed by atoms with E-state index in [9.17, 15) is 5.11 Å². The highest BCUT2D eigenvalue weighted by molar-refractivity contribution is 6.51. The molecule has 1 heterocycles. The van der Waals surface area contributed by atoms with Gasteiger partial charge in [-0.3, -0.25) is 0 Å². The minimum absolute atomic E-state index is 0.367. The molecule has 1 aliphatic carbocycles. The van der Waals surface area contributed by atoms with E-state index in [0.29, 0.717) is 7.48 Å². The van der Waals surface area contributed by atoms with Crippen LogP contribution in [-0.4, -0.2) is 23.8 Å². The Hall–Kier alpha value is -3.08. The van der Waals surface area contributed by atoms with Crippen LogP contribution in [0.2, 0.25) is 0 Å². The number of para-hydroxylation sites is 1. The summed E-state index contributed by atoms with van der Waals surface area (Å²) in [6.07, 6.45) is 0. The number of furan rings is 1. The topological polar surface area (TPSA) is 42.6 Å². The van der Waals surface area contributed by atoms with Gasteiger partial charge in [0.05, 0.1) is 11.2 Å². The van der Waals surface area contributed by atoms with E-state index in [0.717, 1.165) is 27.4 Å². The van der Waals surface area contributed by atoms with Crippen LogP contribution in [0.15, 0.2) is 71.1 Å². The third kappa shape index (κ3) is 2.63. The van der Waals surface area contributed by atoms with Gasteiger partial charge in [-0.2, -0.15) is 0 Å². The zero-order chi connectivity index (χ0) is 22.3. The lowest BCUT2D eigenvalue weighted by molar-refractivity contribution is -0.0893. The molecule has 0 radical (unpaired) electrons. The fourth-order valence-electron chi connectivity index (χ4n) is 4.77. The summed E-state index contributed by atoms with van der Waals surface area (Å²) in [6, 6.07) is 23.6. The van der Waals surface area contributed by atoms with Crippen molar-refractivity contribution in [1.82, 2.24) is 0 Å². The molecule has 0 unspecified atom stereocenters. The fourth-order valence-corrected chi connectivity index (χ4v) is 4.77. The minimum Gasteiger partial charge on any atom is -0.457 e. The Bertz CT molecular complexity index is 1530. The maximum absolute atomic E-state index is 10.5. The van der Waals surface area contributed by atoms with Gasteiger partial charge in [0.25, 0.3) is 0 Å². The van der Waals surface area contributed by atoms with E-state index < -0.39 is 11.2 Å². The number of hydrogen-bond acceptors (Lipinski definition) is 3. The highest BCUT2D eigenvalue weighted by Gasteiger charge is 2.36. The lowest BCUT2D eigenvalue weighted by Crippen LogP contribution is -2.49. The van der Waals surface area contributed by atoms with Crippen molar-refractivity contribution < 1.29 is 14.2 Å². The first-order valence-corrected chi connectivity index (χ1v) is 11.1. The second-order valence-corrected chi connectivity index (χ2v) is 9.82. The van der Waals surface area contributed by atoms with Gasteiger partial charge in [-0.15, -0.1) is 0 Å². The summed E-state index contributed by atoms with van der Waals surface area (Å²) in [4.78, 5) is 0. The van der Waals surface area contributed by atoms with E-state index in [2.05, 4.69) is 60.7 Å². The normalized spacial score (nSPS) is 13.3. The van der Waals surface area contributed by atoms with E-state index in [1.807, 2.05) is 19.9 Å². The predicted molar refractivity (Wildman–Crippen MR) is 134 cm³/mol. The SMILES string of the molecule is CC(C)(O)C(C)(C)OBc1cccc2c1oc1ccc3c(c12)-c1cccc2cccc-3c12. The molecule has 1 aliphatic rings. The van der Waals surface area contributed by atoms with Gasteiger partial charge in [0.2, 0.25) is 0 Å². The Morgan fingerprint density at radius 1 is 0.781 bits per heavy atom. The average molecular weight is 420 g/mol. The van der Waals surface area contributed by atoms with E-state index in [1.54, 1.807) is 13.8 Å². The molecule has 32 heavy (non-hydrogen) atoms. The van der Waals surface area contributed by atoms with Crippen LogP contribution in [0, 0.1) is 0 Å². The monoisotopic (exact) mass is 420 g/mol. The van der Waals surface area contributed by atoms with Gasteiger partial charge in [-0.05, 0) is 72.8 Å². The van der Waals surface area contributed by atoms with Crippen molar-refractivity contribution in [3.63, 3.8) is 0 Å². The molecule has 5 aromatic rings. The molecule has 158 valence electrons. The molecule has 0 saturated heterocycles. The summed E-state index contributed by atoms with van der Waals surface area (Å²) in [7, 11) is 0.367. The first-order chi connectivity index (χ1) is 15.3. The van der Waals surface area contributed by atoms with Gasteiger partial charge in [-0.25, -0.2) is 0 Å². The van der Waals surface area contributed by atoms with E-state index >= 15 is 0 Å². The first kappa shape index (κ1) is 19.6. The van der Waals surface area contributed by atoms with Crippen molar-refractivity contribution in [1.29, 1.82) is 0 Å². The van der Waals surface area contributed by atoms with Crippen molar-refractivity contribution in [2.24, 2.45) is 0 Å². The highest BCUT2D eigenvalue weighted by atomic mass is 16.5. The van der Waals surface area contributed by atoms with Gasteiger partial charge < -0.3 is 14.2 Å². The van der Waals surface area contributed by atoms with Crippen LogP contribution in [0.4, 0.5) is 0 Å². The molecule has 1 N–H and O–H groups in total. The van der Waals surface area contributed by atoms with Crippen molar-refractivity contribution in [2.75, 3.05) is 0 Å². The van der Waals surface area contributed by atoms with Gasteiger partial charge in [0.1, 0.15) is 11.2 Å². The van der Waals surface area contributed by atoms with Gasteiger partial charge in [0, 0.05) is 16.3 Å². The van der Waals surface area contributed by atoms with Crippen molar-refractivity contribution in [2.45, 2.75) is 38.9 Å². The van der Waals surface area contributed by atoms with Crippen LogP contribution in [-0.2, 0) is 4.65 Å². The van der Waals surface area contributed by atoms with Crippen LogP contribution in [0.3, 0.4) is 0 Å². The quantitative estimate of drug-likeness (QED) is 0.360. The van der Waals surface area contributed by atoms with Crippen molar-refractivity contribution >= 4 is 45.7 Å². The molecule has 0 bridgehead atoms. The third-order valence-corrected chi connectivity index (χ3v) is 7.27. The molecule has 0 amide bonds. The standard InChI is InChI=1S/C28H25BO3/c1-27(2,30)28(3,4)32-29-21-13-7-12-20-25-22(31-26(20)21)15-14-18-17-10-5-8-16-9-6-11-19(23(16)17)24(18)25/h5-15,29-30H,1-4H3. The number of benzene rings is 4. The summed E-state index contributed by atoms with van der Waals surface area (Å²) in [5.74, 6) is 0. The molecule has 0 aliphatic heterocycles. The van der Waals surface area contributed by atoms with Crippen LogP contribution in [0.25, 0.3) is 55.0 Å². The molecule has 0 spiro atoms. The lowest BCUT2D eigenvalue weighted by Gasteiger charge is -2.37. The number of fused-ring (bicyclic) bond motifs is 7. The lowest BCUT2D eigenvalue weighted by atomic mass is 9.82. The summed E-state index contributed by atoms with van der Waals surface area (Å²) < 4.78 is 12.6. The highest BCUT2D eigenvalue weighted by Crippen LogP contribution is 2.51. The number of rotatable bonds is 4. The molecule has 1 aromatic heterocycles. The van der Waals surface area contributed by atoms with Crippen molar-refractivity contribution in [3.05, 3.63) is 66.7 Å². The first-order valence-electron chi connectivity index (χ1n) is 11.1. The zero-order valence-corrected chi connectivity index (χ0v) is 18.8. The molecule has 4 aromatic carbocycles. The van der Waals surface area contributed by atoms with E-state index in [1.165, 1.54) is 33.0 Å². The zero-order valence-electron chi connectivity index (χ0n) is 18.8. The van der Waals surface area contributed by atoms with Crippen LogP contribution >= 0.6 is 0 Å². The van der Waals surface area contributed by atoms with Crippen LogP contribution in [0.1, 0.15) is 27.7 Å². The molecule has 3 nitrogen and oxygen atoms in total. The second-order valence-electron chi connectivity index (χ2n) is 9.82. The summed E-state index contributed by atoms with van der Waals surface area (Å²) >= 11 is 0. The molecule has 0 saturated carbocycles. The average Bonchev–Trinajstić information content (AvgIpc) is 3.29. The maximum atomic E-state index is 10.5. The molecule has 0 atom stereocenters. The third-order valence-electron chi connectivity index (χ3n) is 7.27. The maximum Gasteiger partial charge on any atom is 0.313 e. The largest absolute Gasteiger partial charge is 0.457 e. The Morgan fingerprint density at radius 2 is 1.50 bits per heavy atom. The van der Waals surface area contributed by atoms with E-state index in [4.69, 9.17) is 9.07 Å². The Morgan fingerprint density at radius 3 is 2.25 bits per heavy atom. The summed E-state index contributed by atoms with van der Waals surface area (Å²) in [5.41, 5.74) is 6.14. The van der Waals surface area contributed by atoms with Gasteiger partial charge in [0.15, 0.2) is 0 Å². The molecular weight excluding hydrogens is 395 g/mol. The molecular formula is C28H25BO3. The molecule has 4 heteroatoms. The summed E-state index contributed by atoms with van der Waals surface area (Å²) in [6.45, 7) is 7.37. The Labute approximate surface area is 187 Å². The minimum atomic E-state index is -0.958. The predicted octanol–water partition coefficient (Wildman–Crippen LogP) is 5.93. The Balaban J connectivity index is 1.56. The van der Waals surface area contributed by atoms with Gasteiger partial charge >= 0.3 is 7.48 Å². The second kappa shape index (κ2) is 6.47. The number of hydrogen-bond donors (Lipinski definition) is 1. The smallest absolute Gasteiger partial charge is 0.313 e. The fraction of sp³-hybridized carbons (Fsp3) is 0.214. The van der Waals surface area contributed by atoms with Gasteiger partial charge in [-0.1, -0.05) is 54.6 Å². The number of aliphatic hydroxyl groups is 1. The van der Waals surface area contributed by atoms with Crippen LogP contribution in [0.5, 0.6) is 0 Å². The Kier molecular flexibility index (Phi) is 3.96. The van der Waals surface area contributed by atoms with Crippen LogP contribution < -0.4 is 5.46 Å². The molecule has 6 rings (SSSR count). The summed E-state index contributed by atoms with van der Waals surface area (Å²) in [5, 5.41) is 15.3. The van der Waals surface area contributed by atoms with E-state index in [-0.39, 0.29) is 0 Å².